The summed E-state index contributed by atoms with van der Waals surface area (Å²) in [4.78, 5) is 27.8. The third-order valence-corrected chi connectivity index (χ3v) is 5.28. The fourth-order valence-electron chi connectivity index (χ4n) is 3.74. The number of nitrogens with zero attached hydrogens (tertiary/aromatic N) is 2. The van der Waals surface area contributed by atoms with Gasteiger partial charge in [-0.3, -0.25) is 4.79 Å². The van der Waals surface area contributed by atoms with Crippen LogP contribution in [0, 0.1) is 13.8 Å². The zero-order valence-electron chi connectivity index (χ0n) is 17.2. The van der Waals surface area contributed by atoms with Crippen LogP contribution in [0.2, 0.25) is 0 Å². The Bertz CT molecular complexity index is 884. The van der Waals surface area contributed by atoms with Gasteiger partial charge in [0.05, 0.1) is 24.3 Å². The van der Waals surface area contributed by atoms with E-state index in [1.807, 2.05) is 62.6 Å². The van der Waals surface area contributed by atoms with E-state index in [-0.39, 0.29) is 24.8 Å². The number of aromatic nitrogens is 1. The summed E-state index contributed by atoms with van der Waals surface area (Å²) in [5, 5.41) is 0. The van der Waals surface area contributed by atoms with Gasteiger partial charge in [0.25, 0.3) is 5.91 Å². The Morgan fingerprint density at radius 1 is 1.18 bits per heavy atom. The molecule has 1 saturated heterocycles. The van der Waals surface area contributed by atoms with E-state index in [1.165, 1.54) is 0 Å². The van der Waals surface area contributed by atoms with Crippen LogP contribution in [0.1, 0.15) is 58.4 Å². The fraction of sp³-hybridized carbons (Fsp3) is 0.455. The Labute approximate surface area is 166 Å². The van der Waals surface area contributed by atoms with Crippen molar-refractivity contribution in [3.63, 3.8) is 0 Å². The van der Waals surface area contributed by atoms with Crippen LogP contribution in [0.4, 0.5) is 0 Å². The molecule has 6 nitrogen and oxygen atoms in total. The number of carbonyl (C=O) groups is 2. The lowest BCUT2D eigenvalue weighted by Crippen LogP contribution is -2.44. The molecule has 0 unspecified atom stereocenters. The SMILES string of the molecule is CCOC(=O)c1c(C)c(C(=O)N2COCC2(C)C)c(C)n1Cc1ccccc1. The molecule has 0 bridgehead atoms. The molecule has 2 aromatic rings. The molecule has 0 spiro atoms. The summed E-state index contributed by atoms with van der Waals surface area (Å²) in [5.41, 5.74) is 3.07. The zero-order valence-corrected chi connectivity index (χ0v) is 17.2. The molecular formula is C22H28N2O4. The first-order valence-corrected chi connectivity index (χ1v) is 9.58. The Kier molecular flexibility index (Phi) is 5.61. The smallest absolute Gasteiger partial charge is 0.355 e. The van der Waals surface area contributed by atoms with Gasteiger partial charge in [-0.15, -0.1) is 0 Å². The lowest BCUT2D eigenvalue weighted by molar-refractivity contribution is 0.0513. The normalized spacial score (nSPS) is 15.7. The second kappa shape index (κ2) is 7.80. The van der Waals surface area contributed by atoms with Crippen LogP contribution in [0.15, 0.2) is 30.3 Å². The minimum Gasteiger partial charge on any atom is -0.461 e. The van der Waals surface area contributed by atoms with Gasteiger partial charge in [-0.25, -0.2) is 4.79 Å². The van der Waals surface area contributed by atoms with Crippen molar-refractivity contribution in [3.8, 4) is 0 Å². The third kappa shape index (κ3) is 3.56. The number of benzene rings is 1. The van der Waals surface area contributed by atoms with Crippen molar-refractivity contribution in [1.82, 2.24) is 9.47 Å². The van der Waals surface area contributed by atoms with E-state index in [0.29, 0.717) is 30.0 Å². The van der Waals surface area contributed by atoms with E-state index < -0.39 is 5.97 Å². The highest BCUT2D eigenvalue weighted by Crippen LogP contribution is 2.30. The van der Waals surface area contributed by atoms with Crippen molar-refractivity contribution < 1.29 is 19.1 Å². The van der Waals surface area contributed by atoms with Gasteiger partial charge < -0.3 is 18.9 Å². The van der Waals surface area contributed by atoms with Gasteiger partial charge in [0.15, 0.2) is 0 Å². The molecule has 1 aromatic carbocycles. The Morgan fingerprint density at radius 3 is 2.43 bits per heavy atom. The van der Waals surface area contributed by atoms with Crippen molar-refractivity contribution in [2.45, 2.75) is 46.7 Å². The number of carbonyl (C=O) groups excluding carboxylic acids is 2. The van der Waals surface area contributed by atoms with E-state index in [9.17, 15) is 9.59 Å². The Hall–Kier alpha value is -2.60. The van der Waals surface area contributed by atoms with Crippen LogP contribution in [-0.4, -0.2) is 46.8 Å². The lowest BCUT2D eigenvalue weighted by atomic mass is 10.0. The number of ether oxygens (including phenoxy) is 2. The molecule has 28 heavy (non-hydrogen) atoms. The first-order chi connectivity index (χ1) is 13.3. The van der Waals surface area contributed by atoms with Crippen LogP contribution >= 0.6 is 0 Å². The largest absolute Gasteiger partial charge is 0.461 e. The summed E-state index contributed by atoms with van der Waals surface area (Å²) < 4.78 is 12.7. The molecule has 1 amide bonds. The van der Waals surface area contributed by atoms with Crippen LogP contribution in [0.5, 0.6) is 0 Å². The van der Waals surface area contributed by atoms with Gasteiger partial charge >= 0.3 is 5.97 Å². The van der Waals surface area contributed by atoms with E-state index in [0.717, 1.165) is 11.3 Å². The fourth-order valence-corrected chi connectivity index (χ4v) is 3.74. The molecule has 3 rings (SSSR count). The molecule has 0 saturated carbocycles. The van der Waals surface area contributed by atoms with Crippen molar-refractivity contribution >= 4 is 11.9 Å². The third-order valence-electron chi connectivity index (χ3n) is 5.28. The highest BCUT2D eigenvalue weighted by molar-refractivity contribution is 6.02. The quantitative estimate of drug-likeness (QED) is 0.740. The highest BCUT2D eigenvalue weighted by atomic mass is 16.5. The summed E-state index contributed by atoms with van der Waals surface area (Å²) in [5.74, 6) is -0.523. The number of amides is 1. The summed E-state index contributed by atoms with van der Waals surface area (Å²) in [7, 11) is 0. The zero-order chi connectivity index (χ0) is 20.5. The maximum absolute atomic E-state index is 13.4. The van der Waals surface area contributed by atoms with Crippen LogP contribution in [-0.2, 0) is 16.0 Å². The molecule has 1 aliphatic heterocycles. The van der Waals surface area contributed by atoms with Crippen molar-refractivity contribution in [3.05, 3.63) is 58.4 Å². The number of hydrogen-bond donors (Lipinski definition) is 0. The molecular weight excluding hydrogens is 356 g/mol. The van der Waals surface area contributed by atoms with Gasteiger partial charge in [-0.1, -0.05) is 30.3 Å². The minimum atomic E-state index is -0.407. The van der Waals surface area contributed by atoms with Crippen LogP contribution in [0.25, 0.3) is 0 Å². The Morgan fingerprint density at radius 2 is 1.86 bits per heavy atom. The van der Waals surface area contributed by atoms with Gasteiger partial charge in [-0.2, -0.15) is 0 Å². The van der Waals surface area contributed by atoms with E-state index >= 15 is 0 Å². The standard InChI is InChI=1S/C22H28N2O4/c1-6-28-21(26)19-15(2)18(20(25)24-14-27-13-22(24,4)5)16(3)23(19)12-17-10-8-7-9-11-17/h7-11H,6,12-14H2,1-5H3. The summed E-state index contributed by atoms with van der Waals surface area (Å²) in [6.07, 6.45) is 0. The summed E-state index contributed by atoms with van der Waals surface area (Å²) in [6.45, 7) is 11.0. The maximum atomic E-state index is 13.4. The molecule has 2 heterocycles. The predicted molar refractivity (Wildman–Crippen MR) is 106 cm³/mol. The van der Waals surface area contributed by atoms with Crippen molar-refractivity contribution in [2.24, 2.45) is 0 Å². The van der Waals surface area contributed by atoms with Gasteiger partial charge in [0.1, 0.15) is 12.4 Å². The van der Waals surface area contributed by atoms with Crippen LogP contribution < -0.4 is 0 Å². The number of esters is 1. The van der Waals surface area contributed by atoms with Gasteiger partial charge in [0.2, 0.25) is 0 Å². The van der Waals surface area contributed by atoms with Crippen LogP contribution in [0.3, 0.4) is 0 Å². The molecule has 0 atom stereocenters. The molecule has 0 aliphatic carbocycles. The minimum absolute atomic E-state index is 0.116. The first-order valence-electron chi connectivity index (χ1n) is 9.58. The lowest BCUT2D eigenvalue weighted by Gasteiger charge is -2.29. The van der Waals surface area contributed by atoms with Crippen molar-refractivity contribution in [2.75, 3.05) is 19.9 Å². The topological polar surface area (TPSA) is 60.8 Å². The average molecular weight is 384 g/mol. The molecule has 6 heteroatoms. The number of rotatable bonds is 5. The summed E-state index contributed by atoms with van der Waals surface area (Å²) >= 11 is 0. The molecule has 0 radical (unpaired) electrons. The molecule has 1 aromatic heterocycles. The van der Waals surface area contributed by atoms with E-state index in [1.54, 1.807) is 11.8 Å². The monoisotopic (exact) mass is 384 g/mol. The maximum Gasteiger partial charge on any atom is 0.355 e. The first kappa shape index (κ1) is 20.1. The second-order valence-corrected chi connectivity index (χ2v) is 7.75. The average Bonchev–Trinajstić information content (AvgIpc) is 3.12. The Balaban J connectivity index is 2.09. The van der Waals surface area contributed by atoms with Crippen molar-refractivity contribution in [1.29, 1.82) is 0 Å². The highest BCUT2D eigenvalue weighted by Gasteiger charge is 2.39. The van der Waals surface area contributed by atoms with Gasteiger partial charge in [0, 0.05) is 12.2 Å². The molecule has 0 N–H and O–H groups in total. The van der Waals surface area contributed by atoms with E-state index in [4.69, 9.17) is 9.47 Å². The molecule has 150 valence electrons. The predicted octanol–water partition coefficient (Wildman–Crippen LogP) is 3.54. The number of hydrogen-bond acceptors (Lipinski definition) is 4. The van der Waals surface area contributed by atoms with Gasteiger partial charge in [-0.05, 0) is 45.7 Å². The molecule has 1 fully saturated rings. The summed E-state index contributed by atoms with van der Waals surface area (Å²) in [6, 6.07) is 9.88. The van der Waals surface area contributed by atoms with E-state index in [2.05, 4.69) is 0 Å². The second-order valence-electron chi connectivity index (χ2n) is 7.75. The molecule has 1 aliphatic rings.